The van der Waals surface area contributed by atoms with Crippen LogP contribution >= 0.6 is 11.3 Å². The lowest BCUT2D eigenvalue weighted by molar-refractivity contribution is -0.385. The number of dihydropyridines is 1. The van der Waals surface area contributed by atoms with Gasteiger partial charge >= 0.3 is 5.97 Å². The first-order valence-corrected chi connectivity index (χ1v) is 13.5. The molecule has 5 rings (SSSR count). The monoisotopic (exact) mass is 544 g/mol. The number of allylic oxidation sites excluding steroid dienone is 3. The summed E-state index contributed by atoms with van der Waals surface area (Å²) in [6.45, 7) is 3.47. The molecule has 8 nitrogen and oxygen atoms in total. The summed E-state index contributed by atoms with van der Waals surface area (Å²) in [6.07, 6.45) is 0.913. The van der Waals surface area contributed by atoms with Gasteiger partial charge in [-0.25, -0.2) is 4.79 Å². The number of benzene rings is 2. The number of thiophene rings is 1. The van der Waals surface area contributed by atoms with E-state index in [2.05, 4.69) is 5.32 Å². The second-order valence-corrected chi connectivity index (χ2v) is 10.7. The van der Waals surface area contributed by atoms with Crippen LogP contribution in [0.4, 0.5) is 5.69 Å². The van der Waals surface area contributed by atoms with Crippen LogP contribution in [-0.2, 0) is 20.9 Å². The van der Waals surface area contributed by atoms with Gasteiger partial charge in [0, 0.05) is 51.7 Å². The average Bonchev–Trinajstić information content (AvgIpc) is 3.46. The molecule has 2 aliphatic rings. The number of ether oxygens (including phenoxy) is 2. The van der Waals surface area contributed by atoms with Crippen molar-refractivity contribution in [3.8, 4) is 5.75 Å². The maximum absolute atomic E-state index is 13.7. The predicted molar refractivity (Wildman–Crippen MR) is 148 cm³/mol. The highest BCUT2D eigenvalue weighted by molar-refractivity contribution is 7.10. The molecule has 2 atom stereocenters. The van der Waals surface area contributed by atoms with E-state index in [0.29, 0.717) is 41.0 Å². The summed E-state index contributed by atoms with van der Waals surface area (Å²) in [5, 5.41) is 17.1. The molecule has 0 unspecified atom stereocenters. The largest absolute Gasteiger partial charge is 0.497 e. The lowest BCUT2D eigenvalue weighted by Gasteiger charge is -2.36. The second-order valence-electron chi connectivity index (χ2n) is 9.76. The van der Waals surface area contributed by atoms with E-state index in [4.69, 9.17) is 9.47 Å². The predicted octanol–water partition coefficient (Wildman–Crippen LogP) is 6.08. The van der Waals surface area contributed by atoms with Gasteiger partial charge in [-0.05, 0) is 55.0 Å². The number of nitrogens with zero attached hydrogens (tertiary/aromatic N) is 1. The number of carbonyl (C=O) groups excluding carboxylic acids is 2. The Kier molecular flexibility index (Phi) is 7.34. The van der Waals surface area contributed by atoms with E-state index in [0.717, 1.165) is 16.1 Å². The fourth-order valence-corrected chi connectivity index (χ4v) is 6.15. The van der Waals surface area contributed by atoms with Crippen molar-refractivity contribution in [1.29, 1.82) is 0 Å². The Morgan fingerprint density at radius 2 is 1.90 bits per heavy atom. The maximum Gasteiger partial charge on any atom is 0.337 e. The highest BCUT2D eigenvalue weighted by Gasteiger charge is 2.42. The molecule has 2 heterocycles. The molecule has 2 aromatic carbocycles. The zero-order chi connectivity index (χ0) is 27.7. The number of methoxy groups -OCH3 is 1. The van der Waals surface area contributed by atoms with E-state index in [1.54, 1.807) is 56.6 Å². The first kappa shape index (κ1) is 26.4. The Bertz CT molecular complexity index is 1500. The first-order chi connectivity index (χ1) is 18.8. The van der Waals surface area contributed by atoms with Crippen LogP contribution in [-0.4, -0.2) is 23.8 Å². The van der Waals surface area contributed by atoms with E-state index in [1.807, 2.05) is 29.6 Å². The fourth-order valence-electron chi connectivity index (χ4n) is 5.32. The van der Waals surface area contributed by atoms with Crippen LogP contribution in [0.2, 0.25) is 0 Å². The first-order valence-electron chi connectivity index (χ1n) is 12.6. The van der Waals surface area contributed by atoms with Crippen molar-refractivity contribution in [3.63, 3.8) is 0 Å². The Labute approximate surface area is 230 Å². The van der Waals surface area contributed by atoms with Gasteiger partial charge in [0.1, 0.15) is 12.4 Å². The van der Waals surface area contributed by atoms with E-state index in [9.17, 15) is 19.7 Å². The van der Waals surface area contributed by atoms with Gasteiger partial charge in [-0.3, -0.25) is 14.9 Å². The minimum atomic E-state index is -0.777. The van der Waals surface area contributed by atoms with Gasteiger partial charge in [0.15, 0.2) is 5.78 Å². The number of carbonyl (C=O) groups is 2. The van der Waals surface area contributed by atoms with Crippen LogP contribution in [0.5, 0.6) is 5.75 Å². The number of hydrogen-bond donors (Lipinski definition) is 1. The third-order valence-electron chi connectivity index (χ3n) is 7.29. The van der Waals surface area contributed by atoms with Crippen LogP contribution < -0.4 is 10.1 Å². The molecule has 0 amide bonds. The Morgan fingerprint density at radius 1 is 1.13 bits per heavy atom. The zero-order valence-corrected chi connectivity index (χ0v) is 22.7. The highest BCUT2D eigenvalue weighted by atomic mass is 32.1. The molecule has 0 saturated carbocycles. The summed E-state index contributed by atoms with van der Waals surface area (Å²) in [5.74, 6) is -0.710. The number of nitrogens with one attached hydrogen (secondary N) is 1. The molecular formula is C30H28N2O6S. The molecule has 3 aromatic rings. The molecule has 0 bridgehead atoms. The molecule has 1 aliphatic carbocycles. The summed E-state index contributed by atoms with van der Waals surface area (Å²) in [4.78, 5) is 39.8. The number of aryl methyl sites for hydroxylation is 1. The number of nitro benzene ring substituents is 1. The minimum absolute atomic E-state index is 0.0284. The number of hydrogen-bond acceptors (Lipinski definition) is 8. The number of rotatable bonds is 7. The molecule has 0 fully saturated rings. The molecule has 39 heavy (non-hydrogen) atoms. The summed E-state index contributed by atoms with van der Waals surface area (Å²) in [7, 11) is 1.58. The molecule has 1 aliphatic heterocycles. The quantitative estimate of drug-likeness (QED) is 0.218. The summed E-state index contributed by atoms with van der Waals surface area (Å²) < 4.78 is 10.9. The second kappa shape index (κ2) is 10.9. The molecule has 1 aromatic heterocycles. The van der Waals surface area contributed by atoms with Crippen molar-refractivity contribution < 1.29 is 24.0 Å². The molecule has 0 saturated heterocycles. The van der Waals surface area contributed by atoms with Crippen molar-refractivity contribution in [2.24, 2.45) is 0 Å². The Balaban J connectivity index is 1.53. The minimum Gasteiger partial charge on any atom is -0.497 e. The van der Waals surface area contributed by atoms with Gasteiger partial charge < -0.3 is 14.8 Å². The summed E-state index contributed by atoms with van der Waals surface area (Å²) in [6, 6.07) is 16.1. The van der Waals surface area contributed by atoms with Crippen LogP contribution in [0, 0.1) is 17.0 Å². The van der Waals surface area contributed by atoms with Crippen molar-refractivity contribution >= 4 is 28.8 Å². The van der Waals surface area contributed by atoms with Crippen molar-refractivity contribution in [3.05, 3.63) is 114 Å². The number of Topliss-reactive ketones (excluding diaryl/α,β-unsaturated/α-hetero) is 1. The lowest BCUT2D eigenvalue weighted by Crippen LogP contribution is -2.36. The SMILES string of the molecule is COc1ccc(COC(=O)C2=C(C)NC3=C(C(=O)C[C@@H](c4cccs4)C3)[C@H]2c2ccc(C)c([N+](=O)[O-])c2)cc1. The molecule has 0 radical (unpaired) electrons. The fraction of sp³-hybridized carbons (Fsp3) is 0.267. The van der Waals surface area contributed by atoms with Crippen molar-refractivity contribution in [2.75, 3.05) is 7.11 Å². The van der Waals surface area contributed by atoms with E-state index < -0.39 is 16.8 Å². The third-order valence-corrected chi connectivity index (χ3v) is 8.32. The van der Waals surface area contributed by atoms with Crippen LogP contribution in [0.3, 0.4) is 0 Å². The van der Waals surface area contributed by atoms with Gasteiger partial charge in [-0.2, -0.15) is 0 Å². The van der Waals surface area contributed by atoms with Crippen molar-refractivity contribution in [1.82, 2.24) is 5.32 Å². The normalized spacial score (nSPS) is 18.9. The van der Waals surface area contributed by atoms with E-state index in [-0.39, 0.29) is 29.6 Å². The standard InChI is InChI=1S/C30H28N2O6S/c1-17-6-9-20(14-24(17)32(35)36)28-27(30(34)38-16-19-7-10-22(37-3)11-8-19)18(2)31-23-13-21(15-25(33)29(23)28)26-5-4-12-39-26/h4-12,14,21,28,31H,13,15-16H2,1-3H3/t21-,28-/m0/s1. The van der Waals surface area contributed by atoms with Gasteiger partial charge in [-0.1, -0.05) is 30.3 Å². The summed E-state index contributed by atoms with van der Waals surface area (Å²) in [5.41, 5.74) is 3.82. The van der Waals surface area contributed by atoms with E-state index in [1.165, 1.54) is 6.07 Å². The molecule has 0 spiro atoms. The van der Waals surface area contributed by atoms with Crippen LogP contribution in [0.15, 0.2) is 82.5 Å². The van der Waals surface area contributed by atoms with Crippen molar-refractivity contribution in [2.45, 2.75) is 45.1 Å². The zero-order valence-electron chi connectivity index (χ0n) is 21.9. The van der Waals surface area contributed by atoms with Crippen LogP contribution in [0.25, 0.3) is 0 Å². The molecule has 200 valence electrons. The third kappa shape index (κ3) is 5.22. The Morgan fingerprint density at radius 3 is 2.56 bits per heavy atom. The van der Waals surface area contributed by atoms with Gasteiger partial charge in [0.2, 0.25) is 0 Å². The molecule has 9 heteroatoms. The van der Waals surface area contributed by atoms with Crippen LogP contribution in [0.1, 0.15) is 53.2 Å². The van der Waals surface area contributed by atoms with Gasteiger partial charge in [0.25, 0.3) is 5.69 Å². The lowest BCUT2D eigenvalue weighted by atomic mass is 9.72. The van der Waals surface area contributed by atoms with Gasteiger partial charge in [-0.15, -0.1) is 11.3 Å². The topological polar surface area (TPSA) is 108 Å². The molecule has 1 N–H and O–H groups in total. The van der Waals surface area contributed by atoms with E-state index >= 15 is 0 Å². The van der Waals surface area contributed by atoms with Gasteiger partial charge in [0.05, 0.1) is 17.6 Å². The number of ketones is 1. The smallest absolute Gasteiger partial charge is 0.337 e. The highest BCUT2D eigenvalue weighted by Crippen LogP contribution is 2.47. The molecular weight excluding hydrogens is 516 g/mol. The average molecular weight is 545 g/mol. The number of nitro groups is 1. The maximum atomic E-state index is 13.7. The summed E-state index contributed by atoms with van der Waals surface area (Å²) >= 11 is 1.62. The Hall–Kier alpha value is -4.24. The number of esters is 1.